The maximum absolute atomic E-state index is 12.7. The van der Waals surface area contributed by atoms with Gasteiger partial charge in [0, 0.05) is 41.1 Å². The second-order valence-corrected chi connectivity index (χ2v) is 8.78. The van der Waals surface area contributed by atoms with Crippen molar-refractivity contribution in [1.29, 1.82) is 0 Å². The summed E-state index contributed by atoms with van der Waals surface area (Å²) in [7, 11) is 3.23. The van der Waals surface area contributed by atoms with Gasteiger partial charge in [-0.3, -0.25) is 4.79 Å². The fraction of sp³-hybridized carbons (Fsp3) is 0.286. The number of ether oxygens (including phenoxy) is 4. The minimum atomic E-state index is -1.16. The first-order chi connectivity index (χ1) is 17.4. The first kappa shape index (κ1) is 28.9. The summed E-state index contributed by atoms with van der Waals surface area (Å²) in [6, 6.07) is 15.5. The Morgan fingerprint density at radius 1 is 1.03 bits per heavy atom. The molecule has 0 bridgehead atoms. The first-order valence-electron chi connectivity index (χ1n) is 11.6. The zero-order valence-electron chi connectivity index (χ0n) is 21.0. The van der Waals surface area contributed by atoms with Gasteiger partial charge >= 0.3 is 29.6 Å². The van der Waals surface area contributed by atoms with E-state index in [4.69, 9.17) is 30.5 Å². The molecule has 9 heteroatoms. The molecule has 1 heterocycles. The molecule has 188 valence electrons. The average molecular weight is 533 g/mol. The fourth-order valence-electron chi connectivity index (χ4n) is 4.29. The molecule has 0 fully saturated rings. The minimum Gasteiger partial charge on any atom is -0.549 e. The van der Waals surface area contributed by atoms with Crippen LogP contribution < -0.4 is 53.6 Å². The molecule has 0 saturated carbocycles. The number of carbonyl (C=O) groups is 2. The minimum absolute atomic E-state index is 0. The SMILES string of the molecule is COc1cccc(OC)c1CCCC(=O)c1ccc(Oc2cc3c(cc2Cl)C(C(=O)[O-])CCO3)cc1.[Na+]. The number of rotatable bonds is 10. The molecule has 0 amide bonds. The van der Waals surface area contributed by atoms with E-state index in [1.54, 1.807) is 50.6 Å². The van der Waals surface area contributed by atoms with Crippen molar-refractivity contribution < 1.29 is 63.2 Å². The van der Waals surface area contributed by atoms with Gasteiger partial charge in [0.05, 0.1) is 25.8 Å². The van der Waals surface area contributed by atoms with Gasteiger partial charge in [0.2, 0.25) is 0 Å². The molecule has 3 aromatic rings. The molecule has 0 aromatic heterocycles. The number of methoxy groups -OCH3 is 2. The molecule has 37 heavy (non-hydrogen) atoms. The number of halogens is 1. The number of carbonyl (C=O) groups excluding carboxylic acids is 2. The van der Waals surface area contributed by atoms with Crippen molar-refractivity contribution in [2.75, 3.05) is 20.8 Å². The second kappa shape index (κ2) is 13.2. The Labute approximate surface area is 242 Å². The third-order valence-corrected chi connectivity index (χ3v) is 6.45. The van der Waals surface area contributed by atoms with Gasteiger partial charge in [-0.2, -0.15) is 0 Å². The number of fused-ring (bicyclic) bond motifs is 1. The van der Waals surface area contributed by atoms with Gasteiger partial charge in [0.25, 0.3) is 0 Å². The maximum atomic E-state index is 12.7. The van der Waals surface area contributed by atoms with Crippen LogP contribution in [0.4, 0.5) is 0 Å². The largest absolute Gasteiger partial charge is 1.00 e. The van der Waals surface area contributed by atoms with Gasteiger partial charge in [0.1, 0.15) is 28.7 Å². The average Bonchev–Trinajstić information content (AvgIpc) is 2.89. The summed E-state index contributed by atoms with van der Waals surface area (Å²) in [6.07, 6.45) is 1.99. The molecule has 1 aliphatic heterocycles. The number of benzene rings is 3. The third-order valence-electron chi connectivity index (χ3n) is 6.15. The fourth-order valence-corrected chi connectivity index (χ4v) is 4.50. The standard InChI is InChI=1S/C28H27ClO7.Na/c1-33-24-7-4-8-25(34-2)20(24)5-3-6-23(30)17-9-11-18(12-10-17)36-27-16-26-21(15-22(27)29)19(28(31)32)13-14-35-26;/h4,7-12,15-16,19H,3,5-6,13-14H2,1-2H3,(H,31,32);/q;+1/p-1. The zero-order valence-corrected chi connectivity index (χ0v) is 23.8. The number of ketones is 1. The van der Waals surface area contributed by atoms with Crippen molar-refractivity contribution in [2.45, 2.75) is 31.6 Å². The van der Waals surface area contributed by atoms with Gasteiger partial charge in [-0.25, -0.2) is 0 Å². The molecule has 0 saturated heterocycles. The van der Waals surface area contributed by atoms with Crippen LogP contribution in [0.3, 0.4) is 0 Å². The summed E-state index contributed by atoms with van der Waals surface area (Å²) < 4.78 is 22.3. The Hall–Kier alpha value is -2.71. The summed E-state index contributed by atoms with van der Waals surface area (Å²) in [5.74, 6) is 0.798. The zero-order chi connectivity index (χ0) is 25.7. The van der Waals surface area contributed by atoms with Crippen LogP contribution in [0.1, 0.15) is 46.7 Å². The van der Waals surface area contributed by atoms with E-state index in [1.807, 2.05) is 18.2 Å². The number of hydrogen-bond acceptors (Lipinski definition) is 7. The Morgan fingerprint density at radius 3 is 2.32 bits per heavy atom. The molecule has 0 radical (unpaired) electrons. The van der Waals surface area contributed by atoms with Crippen LogP contribution in [0, 0.1) is 0 Å². The summed E-state index contributed by atoms with van der Waals surface area (Å²) in [6.45, 7) is 0.271. The maximum Gasteiger partial charge on any atom is 1.00 e. The van der Waals surface area contributed by atoms with Crippen molar-refractivity contribution in [3.8, 4) is 28.7 Å². The third kappa shape index (κ3) is 6.79. The van der Waals surface area contributed by atoms with Crippen molar-refractivity contribution in [3.63, 3.8) is 0 Å². The summed E-state index contributed by atoms with van der Waals surface area (Å²) in [5.41, 5.74) is 1.99. The molecule has 0 N–H and O–H groups in total. The first-order valence-corrected chi connectivity index (χ1v) is 12.0. The second-order valence-electron chi connectivity index (χ2n) is 8.37. The van der Waals surface area contributed by atoms with Crippen LogP contribution in [0.5, 0.6) is 28.7 Å². The molecule has 1 aliphatic rings. The Morgan fingerprint density at radius 2 is 1.70 bits per heavy atom. The van der Waals surface area contributed by atoms with Crippen LogP contribution in [0.2, 0.25) is 5.02 Å². The van der Waals surface area contributed by atoms with Gasteiger partial charge in [-0.1, -0.05) is 17.7 Å². The van der Waals surface area contributed by atoms with Gasteiger partial charge in [-0.15, -0.1) is 0 Å². The van der Waals surface area contributed by atoms with Crippen molar-refractivity contribution in [2.24, 2.45) is 0 Å². The van der Waals surface area contributed by atoms with Crippen molar-refractivity contribution >= 4 is 23.4 Å². The Balaban J connectivity index is 0.00000380. The van der Waals surface area contributed by atoms with E-state index in [2.05, 4.69) is 0 Å². The summed E-state index contributed by atoms with van der Waals surface area (Å²) in [5, 5.41) is 11.7. The predicted octanol–water partition coefficient (Wildman–Crippen LogP) is 1.98. The van der Waals surface area contributed by atoms with E-state index in [0.29, 0.717) is 54.1 Å². The molecule has 0 aliphatic carbocycles. The van der Waals surface area contributed by atoms with E-state index in [0.717, 1.165) is 17.1 Å². The van der Waals surface area contributed by atoms with Gasteiger partial charge in [0.15, 0.2) is 5.78 Å². The van der Waals surface area contributed by atoms with Gasteiger partial charge < -0.3 is 28.8 Å². The number of carboxylic acid groups (broad SMARTS) is 1. The molecule has 7 nitrogen and oxygen atoms in total. The smallest absolute Gasteiger partial charge is 0.549 e. The van der Waals surface area contributed by atoms with E-state index in [1.165, 1.54) is 0 Å². The quantitative estimate of drug-likeness (QED) is 0.291. The van der Waals surface area contributed by atoms with E-state index in [9.17, 15) is 14.7 Å². The number of aliphatic carboxylic acids is 1. The van der Waals surface area contributed by atoms with Crippen LogP contribution in [0.15, 0.2) is 54.6 Å². The van der Waals surface area contributed by atoms with Crippen LogP contribution in [-0.2, 0) is 11.2 Å². The Kier molecular flexibility index (Phi) is 10.3. The number of carboxylic acids is 1. The monoisotopic (exact) mass is 532 g/mol. The molecule has 4 rings (SSSR count). The Bertz CT molecular complexity index is 1240. The van der Waals surface area contributed by atoms with Crippen LogP contribution in [-0.4, -0.2) is 32.6 Å². The topological polar surface area (TPSA) is 94.1 Å². The molecular weight excluding hydrogens is 507 g/mol. The van der Waals surface area contributed by atoms with E-state index in [-0.39, 0.29) is 47.0 Å². The van der Waals surface area contributed by atoms with Crippen LogP contribution >= 0.6 is 11.6 Å². The molecule has 0 spiro atoms. The molecule has 1 unspecified atom stereocenters. The van der Waals surface area contributed by atoms with Crippen molar-refractivity contribution in [1.82, 2.24) is 0 Å². The molecular formula is C28H26ClNaO7. The predicted molar refractivity (Wildman–Crippen MR) is 133 cm³/mol. The summed E-state index contributed by atoms with van der Waals surface area (Å²) >= 11 is 6.35. The molecule has 3 aromatic carbocycles. The normalized spacial score (nSPS) is 14.0. The number of Topliss-reactive ketones (excluding diaryl/α,β-unsaturated/α-hetero) is 1. The van der Waals surface area contributed by atoms with Crippen molar-refractivity contribution in [3.05, 3.63) is 76.3 Å². The van der Waals surface area contributed by atoms with Crippen LogP contribution in [0.25, 0.3) is 0 Å². The van der Waals surface area contributed by atoms with E-state index < -0.39 is 11.9 Å². The van der Waals surface area contributed by atoms with Gasteiger partial charge in [-0.05, 0) is 61.7 Å². The molecule has 1 atom stereocenters. The number of hydrogen-bond donors (Lipinski definition) is 0. The summed E-state index contributed by atoms with van der Waals surface area (Å²) in [4.78, 5) is 24.1. The van der Waals surface area contributed by atoms with E-state index >= 15 is 0 Å².